The molecule has 0 aromatic heterocycles. The average Bonchev–Trinajstić information content (AvgIpc) is 3.28. The second kappa shape index (κ2) is 22.2. The van der Waals surface area contributed by atoms with Gasteiger partial charge >= 0.3 is 5.97 Å². The molecule has 23 unspecified atom stereocenters. The molecule has 22 heteroatoms. The van der Waals surface area contributed by atoms with Crippen molar-refractivity contribution in [3.8, 4) is 0 Å². The number of rotatable bonds is 13. The zero-order valence-corrected chi connectivity index (χ0v) is 35.7. The van der Waals surface area contributed by atoms with Crippen molar-refractivity contribution in [2.75, 3.05) is 26.9 Å². The van der Waals surface area contributed by atoms with Crippen LogP contribution in [0.4, 0.5) is 0 Å². The van der Waals surface area contributed by atoms with Crippen molar-refractivity contribution in [1.29, 1.82) is 0 Å². The van der Waals surface area contributed by atoms with Gasteiger partial charge in [0.05, 0.1) is 62.0 Å². The van der Waals surface area contributed by atoms with Crippen LogP contribution in [-0.4, -0.2) is 229 Å². The minimum Gasteiger partial charge on any atom is -0.460 e. The summed E-state index contributed by atoms with van der Waals surface area (Å²) in [6, 6.07) is 0. The molecule has 0 radical (unpaired) electrons. The fraction of sp³-hybridized carbons (Fsp3) is 0.929. The van der Waals surface area contributed by atoms with E-state index in [0.717, 1.165) is 25.7 Å². The fourth-order valence-corrected chi connectivity index (χ4v) is 10.3. The number of methoxy groups -OCH3 is 1. The second-order valence-electron chi connectivity index (χ2n) is 18.6. The molecular weight excluding hydrogens is 856 g/mol. The smallest absolute Gasteiger partial charge is 0.330 e. The number of carbonyl (C=O) groups is 1. The second-order valence-corrected chi connectivity index (χ2v) is 18.6. The van der Waals surface area contributed by atoms with Crippen LogP contribution in [0, 0.1) is 17.8 Å². The molecule has 4 heterocycles. The Kier molecular flexibility index (Phi) is 17.5. The number of allylic oxidation sites excluding steroid dienone is 1. The topological polar surface area (TPSA) is 343 Å². The minimum absolute atomic E-state index is 0.0783. The summed E-state index contributed by atoms with van der Waals surface area (Å²) in [7, 11) is 1.66. The van der Waals surface area contributed by atoms with E-state index in [-0.39, 0.29) is 44.1 Å². The number of esters is 1. The Hall–Kier alpha value is -1.59. The summed E-state index contributed by atoms with van der Waals surface area (Å²) in [5.74, 6) is -1.48. The number of hydrogen-bond acceptors (Lipinski definition) is 22. The summed E-state index contributed by atoms with van der Waals surface area (Å²) >= 11 is 0. The molecule has 7 rings (SSSR count). The molecule has 0 spiro atoms. The maximum absolute atomic E-state index is 12.6. The van der Waals surface area contributed by atoms with Gasteiger partial charge in [-0.2, -0.15) is 0 Å². The molecule has 12 N–H and O–H groups in total. The first kappa shape index (κ1) is 50.3. The molecular formula is C42H68O22. The summed E-state index contributed by atoms with van der Waals surface area (Å²) in [5, 5.41) is 129. The van der Waals surface area contributed by atoms with Crippen LogP contribution in [0.2, 0.25) is 0 Å². The lowest BCUT2D eigenvalue weighted by Gasteiger charge is -2.51. The van der Waals surface area contributed by atoms with Gasteiger partial charge in [-0.3, -0.25) is 0 Å². The number of aliphatic hydroxyl groups excluding tert-OH is 12. The minimum atomic E-state index is -1.90. The molecule has 0 aromatic rings. The zero-order valence-electron chi connectivity index (χ0n) is 35.7. The summed E-state index contributed by atoms with van der Waals surface area (Å²) in [5.41, 5.74) is 0. The predicted molar refractivity (Wildman–Crippen MR) is 211 cm³/mol. The van der Waals surface area contributed by atoms with Crippen LogP contribution < -0.4 is 0 Å². The van der Waals surface area contributed by atoms with Crippen molar-refractivity contribution >= 4 is 5.97 Å². The number of carbonyl (C=O) groups excluding carboxylic acids is 1. The molecule has 4 aliphatic heterocycles. The number of hydrogen-bond donors (Lipinski definition) is 12. The van der Waals surface area contributed by atoms with E-state index in [2.05, 4.69) is 0 Å². The van der Waals surface area contributed by atoms with Crippen LogP contribution in [0.15, 0.2) is 12.2 Å². The van der Waals surface area contributed by atoms with E-state index in [1.807, 2.05) is 0 Å². The Balaban J connectivity index is 1.05. The molecule has 7 fully saturated rings. The molecule has 0 amide bonds. The molecule has 22 nitrogen and oxygen atoms in total. The van der Waals surface area contributed by atoms with Crippen LogP contribution in [0.1, 0.15) is 64.2 Å². The third-order valence-corrected chi connectivity index (χ3v) is 14.2. The monoisotopic (exact) mass is 924 g/mol. The van der Waals surface area contributed by atoms with Crippen LogP contribution >= 0.6 is 0 Å². The van der Waals surface area contributed by atoms with Gasteiger partial charge in [-0.1, -0.05) is 6.08 Å². The van der Waals surface area contributed by atoms with Gasteiger partial charge in [0.15, 0.2) is 18.9 Å². The van der Waals surface area contributed by atoms with Gasteiger partial charge in [0.25, 0.3) is 0 Å². The zero-order chi connectivity index (χ0) is 46.0. The van der Waals surface area contributed by atoms with Crippen molar-refractivity contribution in [3.63, 3.8) is 0 Å². The molecule has 0 aromatic carbocycles. The quantitative estimate of drug-likeness (QED) is 0.0613. The Morgan fingerprint density at radius 2 is 1.30 bits per heavy atom. The summed E-state index contributed by atoms with van der Waals surface area (Å²) < 4.78 is 52.9. The Morgan fingerprint density at radius 1 is 0.609 bits per heavy atom. The van der Waals surface area contributed by atoms with Crippen LogP contribution in [0.25, 0.3) is 0 Å². The number of fused-ring (bicyclic) bond motifs is 1. The first-order valence-corrected chi connectivity index (χ1v) is 22.6. The highest BCUT2D eigenvalue weighted by molar-refractivity contribution is 5.81. The summed E-state index contributed by atoms with van der Waals surface area (Å²) in [6.45, 7) is -1.64. The Bertz CT molecular complexity index is 1500. The van der Waals surface area contributed by atoms with Gasteiger partial charge in [0, 0.05) is 19.1 Å². The highest BCUT2D eigenvalue weighted by Crippen LogP contribution is 2.44. The molecule has 368 valence electrons. The SMILES string of the molecule is COC1CCC(C=CC(=O)OCC2OC(OCC3OC(OC4CC5C(O)CC(O)CC5OC4C4CCC(O)C(O)C4)C(OC4OCC(O)C(O)C4O)C(O)C3O)C(O)C(O)C2O)CC1. The molecule has 7 aliphatic rings. The third-order valence-electron chi connectivity index (χ3n) is 14.2. The van der Waals surface area contributed by atoms with Crippen LogP contribution in [-0.2, 0) is 47.4 Å². The third kappa shape index (κ3) is 11.6. The fourth-order valence-electron chi connectivity index (χ4n) is 10.3. The van der Waals surface area contributed by atoms with Gasteiger partial charge in [0.1, 0.15) is 73.8 Å². The number of ether oxygens (including phenoxy) is 9. The maximum Gasteiger partial charge on any atom is 0.330 e. The molecule has 0 bridgehead atoms. The number of aliphatic hydroxyl groups is 12. The molecule has 4 saturated heterocycles. The highest BCUT2D eigenvalue weighted by atomic mass is 16.8. The van der Waals surface area contributed by atoms with Gasteiger partial charge in [-0.25, -0.2) is 4.79 Å². The molecule has 3 saturated carbocycles. The lowest BCUT2D eigenvalue weighted by molar-refractivity contribution is -0.376. The van der Waals surface area contributed by atoms with E-state index in [4.69, 9.17) is 42.6 Å². The van der Waals surface area contributed by atoms with Crippen molar-refractivity contribution in [1.82, 2.24) is 0 Å². The van der Waals surface area contributed by atoms with Gasteiger partial charge in [0.2, 0.25) is 0 Å². The van der Waals surface area contributed by atoms with Crippen molar-refractivity contribution in [3.05, 3.63) is 12.2 Å². The largest absolute Gasteiger partial charge is 0.460 e. The maximum atomic E-state index is 12.6. The Morgan fingerprint density at radius 3 is 2.02 bits per heavy atom. The molecule has 64 heavy (non-hydrogen) atoms. The van der Waals surface area contributed by atoms with E-state index < -0.39 is 166 Å². The van der Waals surface area contributed by atoms with E-state index in [1.165, 1.54) is 6.08 Å². The van der Waals surface area contributed by atoms with Crippen LogP contribution in [0.3, 0.4) is 0 Å². The molecule has 3 aliphatic carbocycles. The Labute approximate surface area is 370 Å². The molecule has 23 atom stereocenters. The van der Waals surface area contributed by atoms with Crippen molar-refractivity contribution in [2.24, 2.45) is 17.8 Å². The van der Waals surface area contributed by atoms with E-state index >= 15 is 0 Å². The predicted octanol–water partition coefficient (Wildman–Crippen LogP) is -4.42. The van der Waals surface area contributed by atoms with Gasteiger partial charge in [-0.05, 0) is 76.0 Å². The first-order chi connectivity index (χ1) is 30.5. The van der Waals surface area contributed by atoms with E-state index in [9.17, 15) is 66.1 Å². The van der Waals surface area contributed by atoms with Crippen molar-refractivity contribution in [2.45, 2.75) is 199 Å². The lowest BCUT2D eigenvalue weighted by atomic mass is 9.72. The normalized spacial score (nSPS) is 50.5. The summed E-state index contributed by atoms with van der Waals surface area (Å²) in [6.07, 6.45) is -22.1. The highest BCUT2D eigenvalue weighted by Gasteiger charge is 2.55. The van der Waals surface area contributed by atoms with Gasteiger partial charge < -0.3 is 104 Å². The first-order valence-electron chi connectivity index (χ1n) is 22.6. The van der Waals surface area contributed by atoms with E-state index in [1.54, 1.807) is 13.2 Å². The average molecular weight is 925 g/mol. The van der Waals surface area contributed by atoms with E-state index in [0.29, 0.717) is 6.42 Å². The van der Waals surface area contributed by atoms with Crippen molar-refractivity contribution < 1.29 is 109 Å². The standard InChI is InChI=1S/C42H68O22/c1-56-20-6-2-17(3-7-20)4-9-30(48)57-15-28-32(50)34(52)37(55)40(62-28)59-16-29-33(51)35(53)39(64-41-36(54)31(49)25(47)14-58-41)42(63-29)61-27-13-21-23(45)11-19(43)12-26(21)60-38(27)18-5-8-22(44)24(46)10-18/h4,9,17-29,31-47,49-55H,2-3,5-8,10-16H2,1H3. The lowest BCUT2D eigenvalue weighted by Crippen LogP contribution is -2.65. The van der Waals surface area contributed by atoms with Gasteiger partial charge in [-0.15, -0.1) is 0 Å². The van der Waals surface area contributed by atoms with Crippen LogP contribution in [0.5, 0.6) is 0 Å². The summed E-state index contributed by atoms with van der Waals surface area (Å²) in [4.78, 5) is 12.6.